The Morgan fingerprint density at radius 3 is 2.19 bits per heavy atom. The van der Waals surface area contributed by atoms with E-state index < -0.39 is 0 Å². The molecule has 0 saturated carbocycles. The molecule has 0 amide bonds. The molecule has 1 heterocycles. The molecular weight excluding hydrogens is 347 g/mol. The molecule has 106 valence electrons. The van der Waals surface area contributed by atoms with Crippen LogP contribution in [-0.2, 0) is 0 Å². The van der Waals surface area contributed by atoms with Gasteiger partial charge in [-0.1, -0.05) is 0 Å². The second kappa shape index (κ2) is 6.07. The number of aromatic nitrogens is 1. The average Bonchev–Trinajstić information content (AvgIpc) is 2.94. The van der Waals surface area contributed by atoms with Crippen LogP contribution in [0.3, 0.4) is 0 Å². The van der Waals surface area contributed by atoms with Gasteiger partial charge in [0.05, 0.1) is 0 Å². The van der Waals surface area contributed by atoms with E-state index in [4.69, 9.17) is 16.6 Å². The quantitative estimate of drug-likeness (QED) is 0.650. The molecule has 0 atom stereocenters. The first-order valence-corrected chi connectivity index (χ1v) is 8.74. The summed E-state index contributed by atoms with van der Waals surface area (Å²) >= 11 is 6.18. The van der Waals surface area contributed by atoms with Crippen LogP contribution < -0.4 is 4.90 Å². The van der Waals surface area contributed by atoms with E-state index in [1.54, 1.807) is 0 Å². The van der Waals surface area contributed by atoms with Gasteiger partial charge in [0.25, 0.3) is 0 Å². The van der Waals surface area contributed by atoms with Crippen LogP contribution in [0.5, 0.6) is 0 Å². The Kier molecular flexibility index (Phi) is 4.16. The number of hydrogen-bond donors (Lipinski definition) is 0. The molecule has 0 spiro atoms. The van der Waals surface area contributed by atoms with Crippen LogP contribution in [0.1, 0.15) is 0 Å². The summed E-state index contributed by atoms with van der Waals surface area (Å²) in [5.41, 5.74) is 3.42. The molecule has 0 N–H and O–H groups in total. The third-order valence-electron chi connectivity index (χ3n) is 3.15. The first-order valence-electron chi connectivity index (χ1n) is 6.64. The molecule has 0 aliphatic rings. The van der Waals surface area contributed by atoms with Crippen molar-refractivity contribution in [2.24, 2.45) is 0 Å². The van der Waals surface area contributed by atoms with E-state index in [0.717, 1.165) is 20.8 Å². The van der Waals surface area contributed by atoms with Crippen LogP contribution in [0.25, 0.3) is 21.4 Å². The summed E-state index contributed by atoms with van der Waals surface area (Å²) in [7, 11) is 4.17. The molecule has 0 saturated heterocycles. The van der Waals surface area contributed by atoms with E-state index in [0.29, 0.717) is 0 Å². The predicted molar refractivity (Wildman–Crippen MR) is 91.4 cm³/mol. The van der Waals surface area contributed by atoms with E-state index in [1.165, 1.54) is 10.1 Å². The van der Waals surface area contributed by atoms with Gasteiger partial charge in [0, 0.05) is 0 Å². The monoisotopic (exact) mass is 362 g/mol. The van der Waals surface area contributed by atoms with Gasteiger partial charge >= 0.3 is 136 Å². The molecule has 3 rings (SSSR count). The van der Waals surface area contributed by atoms with Crippen molar-refractivity contribution in [3.8, 4) is 21.4 Å². The van der Waals surface area contributed by atoms with Crippen molar-refractivity contribution >= 4 is 30.7 Å². The number of benzene rings is 2. The van der Waals surface area contributed by atoms with Gasteiger partial charge in [-0.25, -0.2) is 0 Å². The van der Waals surface area contributed by atoms with E-state index in [1.807, 2.05) is 30.3 Å². The normalized spacial score (nSPS) is 10.6. The summed E-state index contributed by atoms with van der Waals surface area (Å²) in [6.07, 6.45) is 0. The molecule has 0 aliphatic carbocycles. The van der Waals surface area contributed by atoms with Crippen LogP contribution in [-0.4, -0.2) is 33.6 Å². The molecule has 0 fully saturated rings. The summed E-state index contributed by atoms with van der Waals surface area (Å²) in [5.74, 6) is 0. The van der Waals surface area contributed by atoms with Gasteiger partial charge in [-0.2, -0.15) is 0 Å². The molecule has 21 heavy (non-hydrogen) atoms. The zero-order chi connectivity index (χ0) is 14.8. The fraction of sp³-hybridized carbons (Fsp3) is 0.118. The summed E-state index contributed by atoms with van der Waals surface area (Å²) in [4.78, 5) is 7.08. The second-order valence-electron chi connectivity index (χ2n) is 4.94. The molecule has 0 aliphatic heterocycles. The Bertz CT molecular complexity index is 733. The average molecular weight is 362 g/mol. The van der Waals surface area contributed by atoms with E-state index >= 15 is 0 Å². The molecular formula is C17H15ClN2Se. The van der Waals surface area contributed by atoms with Crippen molar-refractivity contribution in [3.05, 3.63) is 59.6 Å². The van der Waals surface area contributed by atoms with Gasteiger partial charge in [0.2, 0.25) is 0 Å². The van der Waals surface area contributed by atoms with Crippen molar-refractivity contribution in [1.82, 2.24) is 4.98 Å². The SMILES string of the molecule is CN(C)c1[se]c(-c2ccc(Cl)cc2)nc1-c1ccccc1. The summed E-state index contributed by atoms with van der Waals surface area (Å²) in [6, 6.07) is 18.3. The number of rotatable bonds is 3. The fourth-order valence-electron chi connectivity index (χ4n) is 2.12. The minimum atomic E-state index is 0.211. The third kappa shape index (κ3) is 3.05. The molecule has 3 aromatic rings. The Morgan fingerprint density at radius 2 is 1.57 bits per heavy atom. The molecule has 0 bridgehead atoms. The van der Waals surface area contributed by atoms with Gasteiger partial charge in [-0.3, -0.25) is 0 Å². The summed E-state index contributed by atoms with van der Waals surface area (Å²) < 4.78 is 2.46. The van der Waals surface area contributed by atoms with Crippen molar-refractivity contribution < 1.29 is 0 Å². The maximum atomic E-state index is 5.97. The second-order valence-corrected chi connectivity index (χ2v) is 7.43. The molecule has 2 aromatic carbocycles. The molecule has 2 nitrogen and oxygen atoms in total. The topological polar surface area (TPSA) is 16.1 Å². The summed E-state index contributed by atoms with van der Waals surface area (Å²) in [6.45, 7) is 0. The van der Waals surface area contributed by atoms with Gasteiger partial charge < -0.3 is 0 Å². The molecule has 1 aromatic heterocycles. The zero-order valence-corrected chi connectivity index (χ0v) is 14.3. The van der Waals surface area contributed by atoms with E-state index in [9.17, 15) is 0 Å². The van der Waals surface area contributed by atoms with E-state index in [-0.39, 0.29) is 14.5 Å². The van der Waals surface area contributed by atoms with Crippen LogP contribution >= 0.6 is 11.6 Å². The molecule has 0 unspecified atom stereocenters. The Hall–Kier alpha value is -1.54. The van der Waals surface area contributed by atoms with Crippen molar-refractivity contribution in [2.45, 2.75) is 0 Å². The third-order valence-corrected chi connectivity index (χ3v) is 6.07. The Labute approximate surface area is 135 Å². The first-order chi connectivity index (χ1) is 10.1. The van der Waals surface area contributed by atoms with Gasteiger partial charge in [-0.05, 0) is 0 Å². The van der Waals surface area contributed by atoms with Crippen molar-refractivity contribution in [1.29, 1.82) is 0 Å². The first kappa shape index (κ1) is 14.4. The molecule has 0 radical (unpaired) electrons. The van der Waals surface area contributed by atoms with Gasteiger partial charge in [0.15, 0.2) is 0 Å². The standard InChI is InChI=1S/C17H15ClN2Se/c1-20(2)17-15(12-6-4-3-5-7-12)19-16(21-17)13-8-10-14(18)11-9-13/h3-11H,1-2H3. The van der Waals surface area contributed by atoms with Crippen molar-refractivity contribution in [2.75, 3.05) is 19.0 Å². The van der Waals surface area contributed by atoms with Gasteiger partial charge in [0.1, 0.15) is 0 Å². The predicted octanol–water partition coefficient (Wildman–Crippen LogP) is 4.19. The maximum absolute atomic E-state index is 5.97. The summed E-state index contributed by atoms with van der Waals surface area (Å²) in [5, 5.41) is 0.758. The van der Waals surface area contributed by atoms with Crippen LogP contribution in [0.15, 0.2) is 54.6 Å². The van der Waals surface area contributed by atoms with Crippen molar-refractivity contribution in [3.63, 3.8) is 0 Å². The van der Waals surface area contributed by atoms with Gasteiger partial charge in [-0.15, -0.1) is 0 Å². The number of nitrogens with zero attached hydrogens (tertiary/aromatic N) is 2. The molecule has 4 heteroatoms. The van der Waals surface area contributed by atoms with Crippen LogP contribution in [0.2, 0.25) is 5.02 Å². The fourth-order valence-corrected chi connectivity index (χ4v) is 4.37. The minimum absolute atomic E-state index is 0.211. The zero-order valence-electron chi connectivity index (χ0n) is 11.9. The number of hydrogen-bond acceptors (Lipinski definition) is 2. The Balaban J connectivity index is 2.11. The van der Waals surface area contributed by atoms with E-state index in [2.05, 4.69) is 43.3 Å². The van der Waals surface area contributed by atoms with Crippen LogP contribution in [0.4, 0.5) is 4.56 Å². The Morgan fingerprint density at radius 1 is 0.905 bits per heavy atom. The number of halogens is 1. The van der Waals surface area contributed by atoms with Crippen LogP contribution in [0, 0.1) is 0 Å². The number of anilines is 1.